The topological polar surface area (TPSA) is 24.1 Å². The summed E-state index contributed by atoms with van der Waals surface area (Å²) < 4.78 is 0. The zero-order valence-corrected chi connectivity index (χ0v) is 13.4. The van der Waals surface area contributed by atoms with E-state index in [0.29, 0.717) is 12.1 Å². The third kappa shape index (κ3) is 2.27. The van der Waals surface area contributed by atoms with Crippen LogP contribution in [0.1, 0.15) is 35.1 Å². The van der Waals surface area contributed by atoms with Gasteiger partial charge in [-0.25, -0.2) is 0 Å². The van der Waals surface area contributed by atoms with Crippen LogP contribution in [0.5, 0.6) is 0 Å². The normalized spacial score (nSPS) is 23.0. The first-order chi connectivity index (χ1) is 10.7. The van der Waals surface area contributed by atoms with Crippen LogP contribution >= 0.6 is 0 Å². The highest BCUT2D eigenvalue weighted by Crippen LogP contribution is 2.33. The van der Waals surface area contributed by atoms with Gasteiger partial charge in [0.2, 0.25) is 0 Å². The molecular weight excluding hydrogens is 268 g/mol. The van der Waals surface area contributed by atoms with Gasteiger partial charge in [0.1, 0.15) is 0 Å². The molecule has 0 amide bonds. The molecule has 0 radical (unpaired) electrons. The van der Waals surface area contributed by atoms with Crippen molar-refractivity contribution in [2.75, 3.05) is 10.6 Å². The van der Waals surface area contributed by atoms with Gasteiger partial charge in [0.25, 0.3) is 0 Å². The molecule has 4 rings (SSSR count). The van der Waals surface area contributed by atoms with E-state index in [1.54, 1.807) is 0 Å². The second kappa shape index (κ2) is 5.35. The van der Waals surface area contributed by atoms with Gasteiger partial charge in [-0.3, -0.25) is 0 Å². The molecule has 2 aromatic rings. The fourth-order valence-electron chi connectivity index (χ4n) is 4.09. The van der Waals surface area contributed by atoms with Crippen molar-refractivity contribution in [1.82, 2.24) is 0 Å². The van der Waals surface area contributed by atoms with Gasteiger partial charge in [-0.15, -0.1) is 0 Å². The fourth-order valence-corrected chi connectivity index (χ4v) is 4.09. The highest BCUT2D eigenvalue weighted by Gasteiger charge is 2.29. The number of nitrogens with one attached hydrogen (secondary N) is 2. The van der Waals surface area contributed by atoms with Crippen LogP contribution in [0.2, 0.25) is 0 Å². The van der Waals surface area contributed by atoms with E-state index in [2.05, 4.69) is 60.9 Å². The van der Waals surface area contributed by atoms with Crippen LogP contribution in [0.25, 0.3) is 0 Å². The Morgan fingerprint density at radius 2 is 1.18 bits per heavy atom. The summed E-state index contributed by atoms with van der Waals surface area (Å²) in [6, 6.07) is 14.3. The van der Waals surface area contributed by atoms with Crippen LogP contribution in [0, 0.1) is 13.8 Å². The summed E-state index contributed by atoms with van der Waals surface area (Å²) in [5.41, 5.74) is 8.53. The third-order valence-corrected chi connectivity index (χ3v) is 5.40. The Morgan fingerprint density at radius 1 is 0.727 bits per heavy atom. The van der Waals surface area contributed by atoms with Crippen molar-refractivity contribution < 1.29 is 0 Å². The Labute approximate surface area is 132 Å². The number of aryl methyl sites for hydroxylation is 2. The number of anilines is 2. The Kier molecular flexibility index (Phi) is 3.33. The first kappa shape index (κ1) is 13.7. The molecule has 2 aliphatic rings. The largest absolute Gasteiger partial charge is 0.380 e. The van der Waals surface area contributed by atoms with Gasteiger partial charge in [0.15, 0.2) is 0 Å². The van der Waals surface area contributed by atoms with E-state index in [-0.39, 0.29) is 0 Å². The zero-order chi connectivity index (χ0) is 15.1. The molecule has 0 aliphatic carbocycles. The molecular formula is C20H24N2. The molecule has 0 saturated carbocycles. The summed E-state index contributed by atoms with van der Waals surface area (Å²) in [5, 5.41) is 7.58. The third-order valence-electron chi connectivity index (χ3n) is 5.40. The Balaban J connectivity index is 1.55. The average Bonchev–Trinajstić information content (AvgIpc) is 2.55. The molecule has 2 heteroatoms. The summed E-state index contributed by atoms with van der Waals surface area (Å²) in [6.07, 6.45) is 4.82. The number of rotatable bonds is 1. The van der Waals surface area contributed by atoms with E-state index in [4.69, 9.17) is 0 Å². The summed E-state index contributed by atoms with van der Waals surface area (Å²) in [4.78, 5) is 0. The van der Waals surface area contributed by atoms with Crippen molar-refractivity contribution in [2.45, 2.75) is 51.6 Å². The van der Waals surface area contributed by atoms with Crippen molar-refractivity contribution in [3.05, 3.63) is 58.7 Å². The minimum atomic E-state index is 0.531. The van der Waals surface area contributed by atoms with E-state index in [9.17, 15) is 0 Å². The van der Waals surface area contributed by atoms with Gasteiger partial charge in [-0.2, -0.15) is 0 Å². The maximum absolute atomic E-state index is 3.79. The number of hydrogen-bond acceptors (Lipinski definition) is 2. The SMILES string of the molecule is Cc1cccc2c1CC[C@@H]([C@@H]1CCc3c(C)cccc3N1)N2. The van der Waals surface area contributed by atoms with Crippen LogP contribution in [0.3, 0.4) is 0 Å². The molecule has 0 unspecified atom stereocenters. The van der Waals surface area contributed by atoms with Crippen molar-refractivity contribution in [3.8, 4) is 0 Å². The first-order valence-electron chi connectivity index (χ1n) is 8.42. The van der Waals surface area contributed by atoms with Crippen LogP contribution in [-0.2, 0) is 12.8 Å². The van der Waals surface area contributed by atoms with Crippen molar-refractivity contribution in [2.24, 2.45) is 0 Å². The Hall–Kier alpha value is -1.96. The zero-order valence-electron chi connectivity index (χ0n) is 13.4. The van der Waals surface area contributed by atoms with Crippen molar-refractivity contribution in [1.29, 1.82) is 0 Å². The number of fused-ring (bicyclic) bond motifs is 2. The molecule has 2 atom stereocenters. The van der Waals surface area contributed by atoms with Crippen LogP contribution < -0.4 is 10.6 Å². The van der Waals surface area contributed by atoms with Gasteiger partial charge in [0, 0.05) is 23.5 Å². The van der Waals surface area contributed by atoms with Crippen molar-refractivity contribution >= 4 is 11.4 Å². The molecule has 0 spiro atoms. The molecule has 2 aromatic carbocycles. The molecule has 0 fully saturated rings. The minimum Gasteiger partial charge on any atom is -0.380 e. The molecule has 2 aliphatic heterocycles. The molecule has 2 nitrogen and oxygen atoms in total. The van der Waals surface area contributed by atoms with Gasteiger partial charge >= 0.3 is 0 Å². The summed E-state index contributed by atoms with van der Waals surface area (Å²) in [7, 11) is 0. The standard InChI is InChI=1S/C20H24N2/c1-13-5-3-7-17-15(13)9-11-19(21-17)20-12-10-16-14(2)6-4-8-18(16)22-20/h3-8,19-22H,9-12H2,1-2H3/t19-,20-/m0/s1. The van der Waals surface area contributed by atoms with E-state index in [0.717, 1.165) is 0 Å². The van der Waals surface area contributed by atoms with Crippen LogP contribution in [0.15, 0.2) is 36.4 Å². The lowest BCUT2D eigenvalue weighted by Crippen LogP contribution is -2.43. The Morgan fingerprint density at radius 3 is 1.64 bits per heavy atom. The number of hydrogen-bond donors (Lipinski definition) is 2. The van der Waals surface area contributed by atoms with Gasteiger partial charge < -0.3 is 10.6 Å². The van der Waals surface area contributed by atoms with Crippen LogP contribution in [-0.4, -0.2) is 12.1 Å². The van der Waals surface area contributed by atoms with E-state index >= 15 is 0 Å². The lowest BCUT2D eigenvalue weighted by molar-refractivity contribution is 0.500. The van der Waals surface area contributed by atoms with E-state index in [1.807, 2.05) is 0 Å². The highest BCUT2D eigenvalue weighted by atomic mass is 15.0. The van der Waals surface area contributed by atoms with E-state index in [1.165, 1.54) is 59.3 Å². The lowest BCUT2D eigenvalue weighted by atomic mass is 9.86. The van der Waals surface area contributed by atoms with Crippen LogP contribution in [0.4, 0.5) is 11.4 Å². The Bertz CT molecular complexity index is 643. The second-order valence-corrected chi connectivity index (χ2v) is 6.78. The first-order valence-corrected chi connectivity index (χ1v) is 8.42. The molecule has 0 bridgehead atoms. The van der Waals surface area contributed by atoms with Crippen molar-refractivity contribution in [3.63, 3.8) is 0 Å². The maximum atomic E-state index is 3.79. The molecule has 0 saturated heterocycles. The summed E-state index contributed by atoms with van der Waals surface area (Å²) >= 11 is 0. The minimum absolute atomic E-state index is 0.531. The summed E-state index contributed by atoms with van der Waals surface area (Å²) in [5.74, 6) is 0. The van der Waals surface area contributed by atoms with Gasteiger partial charge in [0.05, 0.1) is 0 Å². The average molecular weight is 292 g/mol. The molecule has 2 heterocycles. The molecule has 0 aromatic heterocycles. The second-order valence-electron chi connectivity index (χ2n) is 6.78. The number of benzene rings is 2. The monoisotopic (exact) mass is 292 g/mol. The summed E-state index contributed by atoms with van der Waals surface area (Å²) in [6.45, 7) is 4.44. The molecule has 114 valence electrons. The predicted octanol–water partition coefficient (Wildman–Crippen LogP) is 4.46. The molecule has 2 N–H and O–H groups in total. The lowest BCUT2D eigenvalue weighted by Gasteiger charge is -2.38. The molecule has 22 heavy (non-hydrogen) atoms. The predicted molar refractivity (Wildman–Crippen MR) is 93.8 cm³/mol. The van der Waals surface area contributed by atoms with E-state index < -0.39 is 0 Å². The maximum Gasteiger partial charge on any atom is 0.0466 e. The van der Waals surface area contributed by atoms with Gasteiger partial charge in [-0.1, -0.05) is 24.3 Å². The smallest absolute Gasteiger partial charge is 0.0466 e. The fraction of sp³-hybridized carbons (Fsp3) is 0.400. The highest BCUT2D eigenvalue weighted by molar-refractivity contribution is 5.60. The quantitative estimate of drug-likeness (QED) is 0.811. The van der Waals surface area contributed by atoms with Gasteiger partial charge in [-0.05, 0) is 73.9 Å².